The summed E-state index contributed by atoms with van der Waals surface area (Å²) in [6, 6.07) is 1.10. The molecule has 0 amide bonds. The monoisotopic (exact) mass is 236 g/mol. The zero-order valence-electron chi connectivity index (χ0n) is 7.04. The molecular formula is C8H6Cl2O4. The quantitative estimate of drug-likeness (QED) is 0.828. The maximum Gasteiger partial charge on any atom is 0.337 e. The largest absolute Gasteiger partial charge is 0.503 e. The highest BCUT2D eigenvalue weighted by Crippen LogP contribution is 2.41. The summed E-state index contributed by atoms with van der Waals surface area (Å²) >= 11 is 11.2. The van der Waals surface area contributed by atoms with Gasteiger partial charge in [-0.05, 0) is 0 Å². The van der Waals surface area contributed by atoms with Crippen molar-refractivity contribution in [1.29, 1.82) is 0 Å². The molecule has 0 radical (unpaired) electrons. The van der Waals surface area contributed by atoms with Crippen LogP contribution in [0.3, 0.4) is 0 Å². The van der Waals surface area contributed by atoms with E-state index in [0.29, 0.717) is 0 Å². The van der Waals surface area contributed by atoms with Crippen LogP contribution in [0.25, 0.3) is 0 Å². The van der Waals surface area contributed by atoms with Gasteiger partial charge in [-0.1, -0.05) is 23.2 Å². The average Bonchev–Trinajstić information content (AvgIpc) is 2.14. The second-order valence-electron chi connectivity index (χ2n) is 2.41. The molecule has 0 bridgehead atoms. The lowest BCUT2D eigenvalue weighted by molar-refractivity contribution is 0.0696. The minimum absolute atomic E-state index is 0.0307. The van der Waals surface area contributed by atoms with Crippen molar-refractivity contribution in [3.05, 3.63) is 21.7 Å². The topological polar surface area (TPSA) is 66.8 Å². The molecule has 0 spiro atoms. The van der Waals surface area contributed by atoms with E-state index in [1.807, 2.05) is 0 Å². The number of phenols is 1. The third-order valence-corrected chi connectivity index (χ3v) is 2.45. The minimum atomic E-state index is -1.24. The lowest BCUT2D eigenvalue weighted by atomic mass is 10.2. The van der Waals surface area contributed by atoms with Gasteiger partial charge >= 0.3 is 5.97 Å². The summed E-state index contributed by atoms with van der Waals surface area (Å²) < 4.78 is 4.72. The number of rotatable bonds is 2. The zero-order valence-corrected chi connectivity index (χ0v) is 8.56. The maximum absolute atomic E-state index is 10.7. The van der Waals surface area contributed by atoms with Gasteiger partial charge in [-0.2, -0.15) is 0 Å². The van der Waals surface area contributed by atoms with Gasteiger partial charge in [0.2, 0.25) is 0 Å². The number of hydrogen-bond acceptors (Lipinski definition) is 3. The van der Waals surface area contributed by atoms with Crippen LogP contribution in [0.15, 0.2) is 6.07 Å². The normalized spacial score (nSPS) is 9.93. The summed E-state index contributed by atoms with van der Waals surface area (Å²) in [5, 5.41) is 17.6. The molecule has 0 aliphatic heterocycles. The fourth-order valence-electron chi connectivity index (χ4n) is 0.904. The Labute approximate surface area is 89.6 Å². The van der Waals surface area contributed by atoms with Gasteiger partial charge in [0.05, 0.1) is 17.7 Å². The molecule has 0 atom stereocenters. The highest BCUT2D eigenvalue weighted by molar-refractivity contribution is 6.44. The number of aromatic carboxylic acids is 1. The van der Waals surface area contributed by atoms with Crippen molar-refractivity contribution in [3.8, 4) is 11.5 Å². The lowest BCUT2D eigenvalue weighted by Crippen LogP contribution is -1.99. The van der Waals surface area contributed by atoms with Crippen molar-refractivity contribution in [2.75, 3.05) is 7.11 Å². The van der Waals surface area contributed by atoms with Crippen molar-refractivity contribution in [1.82, 2.24) is 0 Å². The summed E-state index contributed by atoms with van der Waals surface area (Å²) in [4.78, 5) is 10.7. The number of benzene rings is 1. The Hall–Kier alpha value is -1.13. The van der Waals surface area contributed by atoms with Gasteiger partial charge in [0.15, 0.2) is 11.5 Å². The Morgan fingerprint density at radius 2 is 2.00 bits per heavy atom. The molecule has 0 aromatic heterocycles. The van der Waals surface area contributed by atoms with Crippen molar-refractivity contribution >= 4 is 29.2 Å². The van der Waals surface area contributed by atoms with Crippen LogP contribution in [0.2, 0.25) is 10.0 Å². The van der Waals surface area contributed by atoms with E-state index in [9.17, 15) is 9.90 Å². The molecule has 0 fully saturated rings. The summed E-state index contributed by atoms with van der Waals surface area (Å²) in [5.74, 6) is -1.64. The lowest BCUT2D eigenvalue weighted by Gasteiger charge is -2.08. The van der Waals surface area contributed by atoms with Crippen molar-refractivity contribution < 1.29 is 19.7 Å². The second kappa shape index (κ2) is 3.94. The molecule has 0 heterocycles. The SMILES string of the molecule is COc1cc(C(=O)O)c(Cl)c(Cl)c1O. The Balaban J connectivity index is 3.48. The molecule has 4 nitrogen and oxygen atoms in total. The van der Waals surface area contributed by atoms with Crippen LogP contribution in [0, 0.1) is 0 Å². The van der Waals surface area contributed by atoms with Crippen LogP contribution >= 0.6 is 23.2 Å². The Bertz CT molecular complexity index is 389. The molecule has 1 rings (SSSR count). The number of ether oxygens (including phenoxy) is 1. The fourth-order valence-corrected chi connectivity index (χ4v) is 1.32. The summed E-state index contributed by atoms with van der Waals surface area (Å²) in [5.41, 5.74) is -0.216. The molecule has 1 aromatic rings. The van der Waals surface area contributed by atoms with Crippen LogP contribution in [0.1, 0.15) is 10.4 Å². The molecular weight excluding hydrogens is 231 g/mol. The number of halogens is 2. The third kappa shape index (κ3) is 1.71. The summed E-state index contributed by atoms with van der Waals surface area (Å²) in [6.45, 7) is 0. The highest BCUT2D eigenvalue weighted by atomic mass is 35.5. The number of carbonyl (C=O) groups is 1. The molecule has 76 valence electrons. The summed E-state index contributed by atoms with van der Waals surface area (Å²) in [6.07, 6.45) is 0. The first-order valence-electron chi connectivity index (χ1n) is 3.47. The van der Waals surface area contributed by atoms with E-state index < -0.39 is 5.97 Å². The predicted molar refractivity (Wildman–Crippen MR) is 51.6 cm³/mol. The number of phenolic OH excluding ortho intramolecular Hbond substituents is 1. The van der Waals surface area contributed by atoms with E-state index in [0.717, 1.165) is 6.07 Å². The number of carboxylic acid groups (broad SMARTS) is 1. The average molecular weight is 237 g/mol. The van der Waals surface area contributed by atoms with E-state index in [1.165, 1.54) is 7.11 Å². The van der Waals surface area contributed by atoms with Gasteiger partial charge in [-0.25, -0.2) is 4.79 Å². The first-order valence-corrected chi connectivity index (χ1v) is 4.22. The fraction of sp³-hybridized carbons (Fsp3) is 0.125. The van der Waals surface area contributed by atoms with E-state index >= 15 is 0 Å². The molecule has 1 aromatic carbocycles. The minimum Gasteiger partial charge on any atom is -0.503 e. The van der Waals surface area contributed by atoms with Crippen molar-refractivity contribution in [3.63, 3.8) is 0 Å². The molecule has 0 saturated heterocycles. The Kier molecular flexibility index (Phi) is 3.08. The third-order valence-electron chi connectivity index (χ3n) is 1.60. The van der Waals surface area contributed by atoms with Gasteiger partial charge in [-0.15, -0.1) is 0 Å². The summed E-state index contributed by atoms with van der Waals surface area (Å²) in [7, 11) is 1.28. The van der Waals surface area contributed by atoms with E-state index in [-0.39, 0.29) is 27.1 Å². The van der Waals surface area contributed by atoms with Gasteiger partial charge in [0.1, 0.15) is 5.02 Å². The number of carboxylic acids is 1. The maximum atomic E-state index is 10.7. The Morgan fingerprint density at radius 1 is 1.43 bits per heavy atom. The van der Waals surface area contributed by atoms with Gasteiger partial charge in [0, 0.05) is 6.07 Å². The zero-order chi connectivity index (χ0) is 10.9. The first kappa shape index (κ1) is 10.9. The van der Waals surface area contributed by atoms with Crippen molar-refractivity contribution in [2.45, 2.75) is 0 Å². The van der Waals surface area contributed by atoms with E-state index in [2.05, 4.69) is 0 Å². The second-order valence-corrected chi connectivity index (χ2v) is 3.16. The van der Waals surface area contributed by atoms with E-state index in [4.69, 9.17) is 33.0 Å². The molecule has 6 heteroatoms. The Morgan fingerprint density at radius 3 is 2.43 bits per heavy atom. The molecule has 0 unspecified atom stereocenters. The molecule has 0 saturated carbocycles. The smallest absolute Gasteiger partial charge is 0.337 e. The van der Waals surface area contributed by atoms with Crippen LogP contribution in [0.4, 0.5) is 0 Å². The van der Waals surface area contributed by atoms with Gasteiger partial charge < -0.3 is 14.9 Å². The van der Waals surface area contributed by atoms with Gasteiger partial charge in [0.25, 0.3) is 0 Å². The number of hydrogen-bond donors (Lipinski definition) is 2. The number of methoxy groups -OCH3 is 1. The number of aromatic hydroxyl groups is 1. The van der Waals surface area contributed by atoms with Crippen LogP contribution < -0.4 is 4.74 Å². The first-order chi connectivity index (χ1) is 6.49. The van der Waals surface area contributed by atoms with Crippen LogP contribution in [-0.2, 0) is 0 Å². The molecule has 2 N–H and O–H groups in total. The van der Waals surface area contributed by atoms with E-state index in [1.54, 1.807) is 0 Å². The molecule has 0 aliphatic carbocycles. The predicted octanol–water partition coefficient (Wildman–Crippen LogP) is 2.41. The van der Waals surface area contributed by atoms with Crippen molar-refractivity contribution in [2.24, 2.45) is 0 Å². The van der Waals surface area contributed by atoms with Crippen LogP contribution in [-0.4, -0.2) is 23.3 Å². The van der Waals surface area contributed by atoms with Gasteiger partial charge in [-0.3, -0.25) is 0 Å². The standard InChI is InChI=1S/C8H6Cl2O4/c1-14-4-2-3(8(12)13)5(9)6(10)7(4)11/h2,11H,1H3,(H,12,13). The van der Waals surface area contributed by atoms with Crippen LogP contribution in [0.5, 0.6) is 11.5 Å². The molecule has 14 heavy (non-hydrogen) atoms. The molecule has 0 aliphatic rings. The highest BCUT2D eigenvalue weighted by Gasteiger charge is 2.19.